The van der Waals surface area contributed by atoms with Gasteiger partial charge in [-0.25, -0.2) is 15.0 Å². The fraction of sp³-hybridized carbons (Fsp3) is 0. The Hall–Kier alpha value is -11.5. The summed E-state index contributed by atoms with van der Waals surface area (Å²) in [6.07, 6.45) is 0. The van der Waals surface area contributed by atoms with Crippen LogP contribution >= 0.6 is 0 Å². The number of hydrogen-bond acceptors (Lipinski definition) is 4. The molecule has 386 valence electrons. The molecule has 7 heteroatoms. The van der Waals surface area contributed by atoms with Gasteiger partial charge in [-0.05, 0) is 113 Å². The topological polar surface area (TPSA) is 77.2 Å². The number of rotatable bonds is 9. The first-order valence-corrected chi connectivity index (χ1v) is 27.9. The van der Waals surface area contributed by atoms with Crippen molar-refractivity contribution in [2.45, 2.75) is 0 Å². The molecule has 0 saturated heterocycles. The molecule has 0 fully saturated rings. The molecule has 16 rings (SSSR count). The highest BCUT2D eigenvalue weighted by Crippen LogP contribution is 2.46. The molecule has 0 aliphatic rings. The van der Waals surface area contributed by atoms with E-state index in [0.717, 1.165) is 111 Å². The Kier molecular flexibility index (Phi) is 11.1. The van der Waals surface area contributed by atoms with Gasteiger partial charge in [0.1, 0.15) is 0 Å². The second kappa shape index (κ2) is 19.4. The largest absolute Gasteiger partial charge is 0.309 e. The van der Waals surface area contributed by atoms with Crippen molar-refractivity contribution in [1.82, 2.24) is 28.7 Å². The van der Waals surface area contributed by atoms with Crippen molar-refractivity contribution >= 4 is 65.4 Å². The summed E-state index contributed by atoms with van der Waals surface area (Å²) in [6.45, 7) is 0. The molecular weight excluding hydrogens is 1010 g/mol. The number of aromatic nitrogens is 6. The Labute approximate surface area is 478 Å². The molecule has 16 aromatic rings. The molecule has 0 saturated carbocycles. The van der Waals surface area contributed by atoms with Crippen LogP contribution in [0.15, 0.2) is 285 Å². The zero-order chi connectivity index (χ0) is 55.0. The quantitative estimate of drug-likeness (QED) is 0.144. The molecular formula is C76H47N7. The van der Waals surface area contributed by atoms with E-state index >= 15 is 0 Å². The van der Waals surface area contributed by atoms with E-state index in [0.29, 0.717) is 23.0 Å². The van der Waals surface area contributed by atoms with E-state index in [4.69, 9.17) is 15.0 Å². The Morgan fingerprint density at radius 1 is 0.253 bits per heavy atom. The lowest BCUT2D eigenvalue weighted by molar-refractivity contribution is 1.07. The van der Waals surface area contributed by atoms with Crippen molar-refractivity contribution in [2.75, 3.05) is 0 Å². The molecule has 0 aliphatic heterocycles. The van der Waals surface area contributed by atoms with Crippen LogP contribution in [-0.2, 0) is 0 Å². The molecule has 4 aromatic heterocycles. The normalized spacial score (nSPS) is 11.6. The van der Waals surface area contributed by atoms with Crippen LogP contribution in [0.1, 0.15) is 5.56 Å². The third-order valence-corrected chi connectivity index (χ3v) is 16.3. The Morgan fingerprint density at radius 2 is 0.590 bits per heavy atom. The lowest BCUT2D eigenvalue weighted by atomic mass is 9.92. The summed E-state index contributed by atoms with van der Waals surface area (Å²) in [5.41, 5.74) is 19.3. The van der Waals surface area contributed by atoms with E-state index in [2.05, 4.69) is 244 Å². The first-order chi connectivity index (χ1) is 41.1. The Balaban J connectivity index is 0.990. The van der Waals surface area contributed by atoms with Crippen LogP contribution in [0, 0.1) is 11.3 Å². The SMILES string of the molecule is N#Cc1ccc(-c2ccc3c(c2)c2ccccc2n3-c2c(-c3ccc(-n4c5ccccc5c5ccccc54)cc3)cc(-c3nc(-c4ccccc4)nc(-c4ccccc4)n3)cc2-c2ccc(-n3c4ccccc4c4ccccc43)cc2)cc1. The molecule has 7 nitrogen and oxygen atoms in total. The smallest absolute Gasteiger partial charge is 0.164 e. The van der Waals surface area contributed by atoms with Gasteiger partial charge in [-0.15, -0.1) is 0 Å². The second-order valence-corrected chi connectivity index (χ2v) is 21.1. The van der Waals surface area contributed by atoms with Crippen molar-refractivity contribution in [3.05, 3.63) is 291 Å². The van der Waals surface area contributed by atoms with Crippen molar-refractivity contribution in [2.24, 2.45) is 0 Å². The number of fused-ring (bicyclic) bond motifs is 9. The summed E-state index contributed by atoms with van der Waals surface area (Å²) >= 11 is 0. The van der Waals surface area contributed by atoms with E-state index in [-0.39, 0.29) is 0 Å². The van der Waals surface area contributed by atoms with Crippen LogP contribution in [0.4, 0.5) is 0 Å². The van der Waals surface area contributed by atoms with E-state index in [9.17, 15) is 5.26 Å². The van der Waals surface area contributed by atoms with Gasteiger partial charge in [0.15, 0.2) is 17.5 Å². The fourth-order valence-corrected chi connectivity index (χ4v) is 12.5. The van der Waals surface area contributed by atoms with Gasteiger partial charge in [-0.2, -0.15) is 5.26 Å². The highest BCUT2D eigenvalue weighted by atomic mass is 15.0. The molecule has 0 atom stereocenters. The lowest BCUT2D eigenvalue weighted by Gasteiger charge is -2.22. The summed E-state index contributed by atoms with van der Waals surface area (Å²) < 4.78 is 7.20. The van der Waals surface area contributed by atoms with Gasteiger partial charge < -0.3 is 13.7 Å². The molecule has 0 N–H and O–H groups in total. The fourth-order valence-electron chi connectivity index (χ4n) is 12.5. The maximum Gasteiger partial charge on any atom is 0.164 e. The third-order valence-electron chi connectivity index (χ3n) is 16.3. The summed E-state index contributed by atoms with van der Waals surface area (Å²) in [7, 11) is 0. The minimum atomic E-state index is 0.560. The van der Waals surface area contributed by atoms with Gasteiger partial charge in [0.25, 0.3) is 0 Å². The number of benzene rings is 12. The average Bonchev–Trinajstić information content (AvgIpc) is 4.39. The molecule has 0 spiro atoms. The van der Waals surface area contributed by atoms with Crippen molar-refractivity contribution in [3.63, 3.8) is 0 Å². The van der Waals surface area contributed by atoms with E-state index < -0.39 is 0 Å². The van der Waals surface area contributed by atoms with Crippen LogP contribution < -0.4 is 0 Å². The standard InChI is InChI=1S/C76H47N7/c77-48-49-31-33-50(34-32-49)55-39-44-72-66(45-55)63-25-11-16-30-71(63)83(72)73-64(51-35-40-57(41-36-51)81-67-26-12-7-21-59(67)60-22-8-13-27-68(60)81)46-56(76-79-74(53-17-3-1-4-18-53)78-75(80-76)54-19-5-2-6-20-54)47-65(73)52-37-42-58(43-38-52)82-69-28-14-9-23-61(69)62-24-10-15-29-70(62)82/h1-47H. The molecule has 83 heavy (non-hydrogen) atoms. The van der Waals surface area contributed by atoms with Crippen LogP contribution in [0.2, 0.25) is 0 Å². The molecule has 0 radical (unpaired) electrons. The zero-order valence-corrected chi connectivity index (χ0v) is 44.8. The van der Waals surface area contributed by atoms with Crippen molar-refractivity contribution in [1.29, 1.82) is 5.26 Å². The third kappa shape index (κ3) is 7.92. The van der Waals surface area contributed by atoms with Gasteiger partial charge >= 0.3 is 0 Å². The van der Waals surface area contributed by atoms with Crippen molar-refractivity contribution < 1.29 is 0 Å². The number of hydrogen-bond donors (Lipinski definition) is 0. The number of para-hydroxylation sites is 5. The molecule has 4 heterocycles. The second-order valence-electron chi connectivity index (χ2n) is 21.1. The number of nitrogens with zero attached hydrogens (tertiary/aromatic N) is 7. The molecule has 0 aliphatic carbocycles. The molecule has 0 bridgehead atoms. The monoisotopic (exact) mass is 1060 g/mol. The number of nitriles is 1. The first-order valence-electron chi connectivity index (χ1n) is 27.9. The molecule has 0 amide bonds. The minimum Gasteiger partial charge on any atom is -0.309 e. The maximum atomic E-state index is 9.68. The molecule has 0 unspecified atom stereocenters. The minimum absolute atomic E-state index is 0.560. The van der Waals surface area contributed by atoms with Crippen LogP contribution in [0.5, 0.6) is 0 Å². The van der Waals surface area contributed by atoms with Crippen LogP contribution in [-0.4, -0.2) is 28.7 Å². The van der Waals surface area contributed by atoms with Crippen molar-refractivity contribution in [3.8, 4) is 90.7 Å². The highest BCUT2D eigenvalue weighted by molar-refractivity contribution is 6.13. The zero-order valence-electron chi connectivity index (χ0n) is 44.8. The lowest BCUT2D eigenvalue weighted by Crippen LogP contribution is -2.04. The van der Waals surface area contributed by atoms with Gasteiger partial charge in [0.2, 0.25) is 0 Å². The van der Waals surface area contributed by atoms with Gasteiger partial charge in [0, 0.05) is 71.5 Å². The van der Waals surface area contributed by atoms with Gasteiger partial charge in [-0.1, -0.05) is 194 Å². The first kappa shape index (κ1) is 47.5. The van der Waals surface area contributed by atoms with E-state index in [1.807, 2.05) is 60.7 Å². The van der Waals surface area contributed by atoms with Crippen LogP contribution in [0.3, 0.4) is 0 Å². The predicted octanol–water partition coefficient (Wildman–Crippen LogP) is 19.0. The summed E-state index contributed by atoms with van der Waals surface area (Å²) in [6, 6.07) is 103. The Morgan fingerprint density at radius 3 is 1.01 bits per heavy atom. The average molecular weight is 1060 g/mol. The van der Waals surface area contributed by atoms with Gasteiger partial charge in [-0.3, -0.25) is 0 Å². The summed E-state index contributed by atoms with van der Waals surface area (Å²) in [5, 5.41) is 16.8. The highest BCUT2D eigenvalue weighted by Gasteiger charge is 2.25. The summed E-state index contributed by atoms with van der Waals surface area (Å²) in [5.74, 6) is 1.74. The molecule has 12 aromatic carbocycles. The Bertz CT molecular complexity index is 4900. The maximum absolute atomic E-state index is 9.68. The summed E-state index contributed by atoms with van der Waals surface area (Å²) in [4.78, 5) is 15.9. The van der Waals surface area contributed by atoms with Gasteiger partial charge in [0.05, 0.1) is 50.4 Å². The van der Waals surface area contributed by atoms with E-state index in [1.165, 1.54) is 21.5 Å². The van der Waals surface area contributed by atoms with Crippen LogP contribution in [0.25, 0.3) is 150 Å². The predicted molar refractivity (Wildman–Crippen MR) is 340 cm³/mol. The van der Waals surface area contributed by atoms with E-state index in [1.54, 1.807) is 0 Å².